The van der Waals surface area contributed by atoms with E-state index in [0.29, 0.717) is 17.9 Å². The van der Waals surface area contributed by atoms with Crippen LogP contribution in [0.25, 0.3) is 0 Å². The van der Waals surface area contributed by atoms with Gasteiger partial charge in [-0.1, -0.05) is 12.1 Å². The van der Waals surface area contributed by atoms with Gasteiger partial charge in [-0.15, -0.1) is 0 Å². The van der Waals surface area contributed by atoms with Gasteiger partial charge >= 0.3 is 0 Å². The van der Waals surface area contributed by atoms with Crippen LogP contribution < -0.4 is 19.1 Å². The smallest absolute Gasteiger partial charge is 0.244 e. The highest BCUT2D eigenvalue weighted by Gasteiger charge is 2.37. The second-order valence-electron chi connectivity index (χ2n) is 8.60. The summed E-state index contributed by atoms with van der Waals surface area (Å²) in [5.74, 6) is 0.963. The van der Waals surface area contributed by atoms with Gasteiger partial charge in [0.05, 0.1) is 25.1 Å². The quantitative estimate of drug-likeness (QED) is 0.733. The van der Waals surface area contributed by atoms with Gasteiger partial charge in [-0.2, -0.15) is 0 Å². The van der Waals surface area contributed by atoms with E-state index in [1.165, 1.54) is 7.11 Å². The molecule has 1 N–H and O–H groups in total. The van der Waals surface area contributed by atoms with Crippen molar-refractivity contribution in [2.75, 3.05) is 17.7 Å². The van der Waals surface area contributed by atoms with Crippen molar-refractivity contribution >= 4 is 21.6 Å². The third-order valence-corrected chi connectivity index (χ3v) is 6.60. The number of aryl methyl sites for hydroxylation is 1. The van der Waals surface area contributed by atoms with Crippen molar-refractivity contribution in [1.82, 2.24) is 5.32 Å². The third kappa shape index (κ3) is 5.12. The molecule has 7 nitrogen and oxygen atoms in total. The summed E-state index contributed by atoms with van der Waals surface area (Å²) >= 11 is 0. The first-order valence-corrected chi connectivity index (χ1v) is 12.0. The van der Waals surface area contributed by atoms with Gasteiger partial charge in [-0.3, -0.25) is 9.10 Å². The van der Waals surface area contributed by atoms with Crippen molar-refractivity contribution in [1.29, 1.82) is 0 Å². The van der Waals surface area contributed by atoms with Crippen molar-refractivity contribution in [2.45, 2.75) is 51.8 Å². The number of nitrogens with one attached hydrogen (secondary N) is 1. The fourth-order valence-corrected chi connectivity index (χ4v) is 5.09. The van der Waals surface area contributed by atoms with Crippen molar-refractivity contribution in [3.63, 3.8) is 0 Å². The number of ether oxygens (including phenoxy) is 2. The van der Waals surface area contributed by atoms with E-state index in [4.69, 9.17) is 9.47 Å². The minimum atomic E-state index is -3.70. The molecule has 1 amide bonds. The number of carbonyl (C=O) groups is 1. The van der Waals surface area contributed by atoms with Crippen LogP contribution in [0.2, 0.25) is 0 Å². The van der Waals surface area contributed by atoms with Gasteiger partial charge in [0, 0.05) is 12.0 Å². The molecule has 2 aromatic carbocycles. The van der Waals surface area contributed by atoms with Crippen LogP contribution in [0.15, 0.2) is 42.5 Å². The summed E-state index contributed by atoms with van der Waals surface area (Å²) in [5.41, 5.74) is 1.89. The molecular formula is C23H30N2O5S. The lowest BCUT2D eigenvalue weighted by molar-refractivity contribution is -0.123. The Bertz CT molecular complexity index is 1060. The van der Waals surface area contributed by atoms with Crippen molar-refractivity contribution in [2.24, 2.45) is 0 Å². The normalized spacial score (nSPS) is 18.3. The number of methoxy groups -OCH3 is 1. The molecule has 2 aromatic rings. The molecule has 1 aliphatic rings. The van der Waals surface area contributed by atoms with Gasteiger partial charge < -0.3 is 14.8 Å². The SMILES string of the molecule is COc1ccc(N([C@@H](C)C(=O)N[C@H]2CC(C)(C)Oc3cc(C)ccc32)S(C)(=O)=O)cc1. The summed E-state index contributed by atoms with van der Waals surface area (Å²) in [5, 5.41) is 3.05. The Hall–Kier alpha value is -2.74. The van der Waals surface area contributed by atoms with Gasteiger partial charge in [0.25, 0.3) is 0 Å². The zero-order chi connectivity index (χ0) is 23.0. The number of fused-ring (bicyclic) bond motifs is 1. The van der Waals surface area contributed by atoms with Crippen molar-refractivity contribution < 1.29 is 22.7 Å². The van der Waals surface area contributed by atoms with Gasteiger partial charge in [-0.05, 0) is 63.6 Å². The molecule has 2 atom stereocenters. The predicted octanol–water partition coefficient (Wildman–Crippen LogP) is 3.58. The molecule has 1 aliphatic heterocycles. The van der Waals surface area contributed by atoms with Crippen LogP contribution in [0.3, 0.4) is 0 Å². The molecule has 0 spiro atoms. The number of amides is 1. The largest absolute Gasteiger partial charge is 0.497 e. The molecule has 0 aromatic heterocycles. The lowest BCUT2D eigenvalue weighted by atomic mass is 9.89. The summed E-state index contributed by atoms with van der Waals surface area (Å²) in [6, 6.07) is 11.2. The Balaban J connectivity index is 1.89. The standard InChI is InChI=1S/C23H30N2O5S/c1-15-7-12-19-20(14-23(3,4)30-21(19)13-15)24-22(26)16(2)25(31(6,27)28)17-8-10-18(29-5)11-9-17/h7-13,16,20H,14H2,1-6H3,(H,24,26)/t16-,20-/m0/s1. The molecule has 0 saturated heterocycles. The van der Waals surface area contributed by atoms with E-state index >= 15 is 0 Å². The van der Waals surface area contributed by atoms with Crippen LogP contribution in [-0.2, 0) is 14.8 Å². The average molecular weight is 447 g/mol. The van der Waals surface area contributed by atoms with Crippen molar-refractivity contribution in [3.8, 4) is 11.5 Å². The summed E-state index contributed by atoms with van der Waals surface area (Å²) < 4.78 is 37.5. The minimum absolute atomic E-state index is 0.286. The van der Waals surface area contributed by atoms with Gasteiger partial charge in [-0.25, -0.2) is 8.42 Å². The second kappa shape index (κ2) is 8.42. The van der Waals surface area contributed by atoms with Crippen LogP contribution in [0.1, 0.15) is 44.4 Å². The number of hydrogen-bond donors (Lipinski definition) is 1. The lowest BCUT2D eigenvalue weighted by Gasteiger charge is -2.39. The van der Waals surface area contributed by atoms with Gasteiger partial charge in [0.15, 0.2) is 0 Å². The molecule has 0 fully saturated rings. The molecule has 0 unspecified atom stereocenters. The number of benzene rings is 2. The van der Waals surface area contributed by atoms with Crippen LogP contribution in [0, 0.1) is 6.92 Å². The minimum Gasteiger partial charge on any atom is -0.497 e. The summed E-state index contributed by atoms with van der Waals surface area (Å²) in [6.07, 6.45) is 1.67. The number of carbonyl (C=O) groups excluding carboxylic acids is 1. The summed E-state index contributed by atoms with van der Waals surface area (Å²) in [6.45, 7) is 7.52. The maximum absolute atomic E-state index is 13.2. The maximum atomic E-state index is 13.2. The van der Waals surface area contributed by atoms with E-state index in [1.54, 1.807) is 31.2 Å². The van der Waals surface area contributed by atoms with E-state index in [9.17, 15) is 13.2 Å². The van der Waals surface area contributed by atoms with E-state index in [2.05, 4.69) is 5.32 Å². The topological polar surface area (TPSA) is 84.9 Å². The first-order chi connectivity index (χ1) is 14.4. The first kappa shape index (κ1) is 22.9. The maximum Gasteiger partial charge on any atom is 0.244 e. The monoisotopic (exact) mass is 446 g/mol. The Morgan fingerprint density at radius 1 is 1.23 bits per heavy atom. The Morgan fingerprint density at radius 2 is 1.87 bits per heavy atom. The van der Waals surface area contributed by atoms with E-state index in [0.717, 1.165) is 27.4 Å². The molecule has 168 valence electrons. The van der Waals surface area contributed by atoms with Crippen LogP contribution in [-0.4, -0.2) is 39.3 Å². The molecule has 8 heteroatoms. The number of nitrogens with zero attached hydrogens (tertiary/aromatic N) is 1. The Kier molecular flexibility index (Phi) is 6.23. The fraction of sp³-hybridized carbons (Fsp3) is 0.435. The highest BCUT2D eigenvalue weighted by Crippen LogP contribution is 2.40. The molecule has 0 bridgehead atoms. The van der Waals surface area contributed by atoms with Crippen LogP contribution in [0.5, 0.6) is 11.5 Å². The second-order valence-corrected chi connectivity index (χ2v) is 10.5. The highest BCUT2D eigenvalue weighted by atomic mass is 32.2. The van der Waals surface area contributed by atoms with Gasteiger partial charge in [0.1, 0.15) is 23.1 Å². The molecule has 1 heterocycles. The summed E-state index contributed by atoms with van der Waals surface area (Å²) in [4.78, 5) is 13.2. The molecule has 0 radical (unpaired) electrons. The molecule has 0 saturated carbocycles. The van der Waals surface area contributed by atoms with E-state index < -0.39 is 21.7 Å². The number of sulfonamides is 1. The zero-order valence-corrected chi connectivity index (χ0v) is 19.6. The van der Waals surface area contributed by atoms with E-state index in [-0.39, 0.29) is 11.9 Å². The number of anilines is 1. The van der Waals surface area contributed by atoms with Crippen LogP contribution in [0.4, 0.5) is 5.69 Å². The zero-order valence-electron chi connectivity index (χ0n) is 18.8. The molecule has 31 heavy (non-hydrogen) atoms. The van der Waals surface area contributed by atoms with E-state index in [1.807, 2.05) is 39.0 Å². The first-order valence-electron chi connectivity index (χ1n) is 10.1. The highest BCUT2D eigenvalue weighted by molar-refractivity contribution is 7.92. The Morgan fingerprint density at radius 3 is 2.45 bits per heavy atom. The molecule has 3 rings (SSSR count). The summed E-state index contributed by atoms with van der Waals surface area (Å²) in [7, 11) is -2.17. The van der Waals surface area contributed by atoms with Crippen molar-refractivity contribution in [3.05, 3.63) is 53.6 Å². The average Bonchev–Trinajstić information content (AvgIpc) is 2.66. The lowest BCUT2D eigenvalue weighted by Crippen LogP contribution is -2.50. The number of rotatable bonds is 6. The molecule has 0 aliphatic carbocycles. The fourth-order valence-electron chi connectivity index (χ4n) is 3.92. The van der Waals surface area contributed by atoms with Crippen LogP contribution >= 0.6 is 0 Å². The third-order valence-electron chi connectivity index (χ3n) is 5.36. The Labute approximate surface area is 184 Å². The van der Waals surface area contributed by atoms with Gasteiger partial charge in [0.2, 0.25) is 15.9 Å². The number of hydrogen-bond acceptors (Lipinski definition) is 5. The predicted molar refractivity (Wildman–Crippen MR) is 121 cm³/mol. The molecular weight excluding hydrogens is 416 g/mol.